The van der Waals surface area contributed by atoms with Gasteiger partial charge in [-0.05, 0) is 77.6 Å². The van der Waals surface area contributed by atoms with E-state index in [1.54, 1.807) is 23.1 Å². The molecule has 68 heavy (non-hydrogen) atoms. The topological polar surface area (TPSA) is 207 Å². The first-order chi connectivity index (χ1) is 31.5. The fourth-order valence-electron chi connectivity index (χ4n) is 7.58. The molecule has 0 aliphatic carbocycles. The number of benzene rings is 2. The number of rotatable bonds is 15. The van der Waals surface area contributed by atoms with Crippen molar-refractivity contribution >= 4 is 34.3 Å². The molecule has 6 rings (SSSR count). The zero-order valence-corrected chi connectivity index (χ0v) is 43.3. The van der Waals surface area contributed by atoms with E-state index in [0.717, 1.165) is 16.3 Å². The van der Waals surface area contributed by atoms with Crippen LogP contribution < -0.4 is 11.0 Å². The van der Waals surface area contributed by atoms with Crippen LogP contribution in [0.15, 0.2) is 53.5 Å². The smallest absolute Gasteiger partial charge is 0.351 e. The third kappa shape index (κ3) is 11.3. The van der Waals surface area contributed by atoms with E-state index < -0.39 is 52.6 Å². The van der Waals surface area contributed by atoms with Gasteiger partial charge < -0.3 is 39.1 Å². The van der Waals surface area contributed by atoms with Gasteiger partial charge in [0.1, 0.15) is 29.5 Å². The van der Waals surface area contributed by atoms with Crippen molar-refractivity contribution in [1.82, 2.24) is 34.1 Å². The largest absolute Gasteiger partial charge is 0.508 e. The number of nitrogens with one attached hydrogen (secondary N) is 1. The first-order valence-corrected chi connectivity index (χ1v) is 28.9. The SMILES string of the molecule is CC(C)c1cc(-c2nnc(O)n2-c2ccc(CN3CCN(C(=O)CCC(=O)Nc4ccn([C@@H]5O[C@H](CO[Si](C)(C)C(C)(C)C)[C@@H](O[Si](C)(C)C(C)(C)C)C5(F)F)c(=O)n4)CC3)cc2)c(O)cc1O. The van der Waals surface area contributed by atoms with Gasteiger partial charge in [0.05, 0.1) is 17.9 Å². The van der Waals surface area contributed by atoms with Gasteiger partial charge in [-0.2, -0.15) is 13.8 Å². The van der Waals surface area contributed by atoms with Crippen LogP contribution in [0.1, 0.15) is 91.5 Å². The van der Waals surface area contributed by atoms with Crippen LogP contribution in [0.25, 0.3) is 17.1 Å². The second kappa shape index (κ2) is 19.7. The van der Waals surface area contributed by atoms with Crippen LogP contribution in [0, 0.1) is 0 Å². The zero-order valence-electron chi connectivity index (χ0n) is 41.3. The highest BCUT2D eigenvalue weighted by Crippen LogP contribution is 2.49. The van der Waals surface area contributed by atoms with Gasteiger partial charge in [0.25, 0.3) is 0 Å². The number of phenolic OH excluding ortho intramolecular Hbond substituents is 2. The quantitative estimate of drug-likeness (QED) is 0.0843. The third-order valence-electron chi connectivity index (χ3n) is 13.9. The van der Waals surface area contributed by atoms with Crippen LogP contribution in [-0.4, -0.2) is 129 Å². The Balaban J connectivity index is 1.01. The highest BCUT2D eigenvalue weighted by Gasteiger charge is 2.63. The molecular formula is C47H68F2N8O9Si2. The molecule has 21 heteroatoms. The zero-order chi connectivity index (χ0) is 50.3. The van der Waals surface area contributed by atoms with Gasteiger partial charge in [0.2, 0.25) is 18.0 Å². The van der Waals surface area contributed by atoms with Crippen molar-refractivity contribution < 1.29 is 47.3 Å². The van der Waals surface area contributed by atoms with Gasteiger partial charge in [-0.15, -0.1) is 5.10 Å². The minimum absolute atomic E-state index is 0.0342. The van der Waals surface area contributed by atoms with Crippen LogP contribution in [0.5, 0.6) is 17.5 Å². The number of hydrogen-bond donors (Lipinski definition) is 4. The summed E-state index contributed by atoms with van der Waals surface area (Å²) in [7, 11) is -5.13. The maximum Gasteiger partial charge on any atom is 0.351 e. The number of ether oxygens (including phenoxy) is 1. The van der Waals surface area contributed by atoms with Crippen LogP contribution in [0.2, 0.25) is 36.3 Å². The van der Waals surface area contributed by atoms with E-state index in [-0.39, 0.29) is 70.5 Å². The third-order valence-corrected chi connectivity index (χ3v) is 22.8. The lowest BCUT2D eigenvalue weighted by Crippen LogP contribution is -2.53. The molecule has 2 aromatic heterocycles. The molecule has 0 unspecified atom stereocenters. The Morgan fingerprint density at radius 1 is 0.897 bits per heavy atom. The molecule has 2 aliphatic heterocycles. The summed E-state index contributed by atoms with van der Waals surface area (Å²) in [6, 6.07) is 11.2. The molecule has 372 valence electrons. The van der Waals surface area contributed by atoms with E-state index in [1.165, 1.54) is 16.7 Å². The summed E-state index contributed by atoms with van der Waals surface area (Å²) in [4.78, 5) is 47.2. The molecule has 3 atom stereocenters. The second-order valence-corrected chi connectivity index (χ2v) is 30.8. The Morgan fingerprint density at radius 2 is 1.53 bits per heavy atom. The molecule has 4 aromatic rings. The van der Waals surface area contributed by atoms with Crippen LogP contribution >= 0.6 is 0 Å². The van der Waals surface area contributed by atoms with Crippen molar-refractivity contribution in [3.05, 3.63) is 70.3 Å². The van der Waals surface area contributed by atoms with E-state index in [2.05, 4.69) is 46.2 Å². The predicted octanol–water partition coefficient (Wildman–Crippen LogP) is 7.74. The molecular weight excluding hydrogens is 915 g/mol. The number of nitrogens with zero attached hydrogens (tertiary/aromatic N) is 7. The molecule has 0 radical (unpaired) electrons. The normalized spacial score (nSPS) is 19.5. The van der Waals surface area contributed by atoms with Crippen molar-refractivity contribution in [3.8, 4) is 34.6 Å². The number of piperazine rings is 1. The monoisotopic (exact) mass is 982 g/mol. The number of alkyl halides is 2. The lowest BCUT2D eigenvalue weighted by molar-refractivity contribution is -0.138. The molecule has 0 spiro atoms. The highest BCUT2D eigenvalue weighted by molar-refractivity contribution is 6.74. The van der Waals surface area contributed by atoms with Crippen molar-refractivity contribution in [3.63, 3.8) is 0 Å². The molecule has 0 saturated carbocycles. The number of aromatic nitrogens is 5. The average molecular weight is 983 g/mol. The maximum absolute atomic E-state index is 16.5. The number of carbonyl (C=O) groups is 2. The fourth-order valence-corrected chi connectivity index (χ4v) is 9.89. The van der Waals surface area contributed by atoms with E-state index in [4.69, 9.17) is 13.6 Å². The molecule has 4 heterocycles. The number of hydrogen-bond acceptors (Lipinski definition) is 13. The van der Waals surface area contributed by atoms with Crippen molar-refractivity contribution in [2.75, 3.05) is 38.1 Å². The highest BCUT2D eigenvalue weighted by atomic mass is 28.4. The number of carbonyl (C=O) groups excluding carboxylic acids is 2. The summed E-state index contributed by atoms with van der Waals surface area (Å²) in [5.41, 5.74) is 1.41. The molecule has 2 fully saturated rings. The molecule has 2 saturated heterocycles. The van der Waals surface area contributed by atoms with E-state index in [1.807, 2.05) is 72.9 Å². The van der Waals surface area contributed by atoms with Gasteiger partial charge in [-0.3, -0.25) is 19.1 Å². The van der Waals surface area contributed by atoms with Crippen LogP contribution in [0.3, 0.4) is 0 Å². The average Bonchev–Trinajstić information content (AvgIpc) is 3.73. The lowest BCUT2D eigenvalue weighted by Gasteiger charge is -2.41. The molecule has 4 N–H and O–H groups in total. The number of phenols is 2. The van der Waals surface area contributed by atoms with Crippen molar-refractivity contribution in [2.24, 2.45) is 0 Å². The van der Waals surface area contributed by atoms with Gasteiger partial charge >= 0.3 is 17.6 Å². The van der Waals surface area contributed by atoms with Crippen molar-refractivity contribution in [1.29, 1.82) is 0 Å². The Bertz CT molecular complexity index is 2510. The van der Waals surface area contributed by atoms with Gasteiger partial charge in [-0.25, -0.2) is 9.36 Å². The number of halogens is 2. The number of amides is 2. The van der Waals surface area contributed by atoms with E-state index in [9.17, 15) is 29.7 Å². The molecule has 17 nitrogen and oxygen atoms in total. The Kier molecular flexibility index (Phi) is 15.2. The van der Waals surface area contributed by atoms with Crippen LogP contribution in [-0.2, 0) is 29.7 Å². The summed E-state index contributed by atoms with van der Waals surface area (Å²) >= 11 is 0. The Morgan fingerprint density at radius 3 is 2.12 bits per heavy atom. The Labute approximate surface area is 398 Å². The molecule has 0 bridgehead atoms. The van der Waals surface area contributed by atoms with Gasteiger partial charge in [0.15, 0.2) is 22.5 Å². The lowest BCUT2D eigenvalue weighted by atomic mass is 9.98. The van der Waals surface area contributed by atoms with Crippen molar-refractivity contribution in [2.45, 2.75) is 141 Å². The predicted molar refractivity (Wildman–Crippen MR) is 258 cm³/mol. The van der Waals surface area contributed by atoms with E-state index >= 15 is 8.78 Å². The second-order valence-electron chi connectivity index (χ2n) is 21.2. The first-order valence-electron chi connectivity index (χ1n) is 23.0. The summed E-state index contributed by atoms with van der Waals surface area (Å²) in [6.45, 7) is 26.2. The molecule has 2 amide bonds. The number of anilines is 1. The summed E-state index contributed by atoms with van der Waals surface area (Å²) in [6.07, 6.45) is -4.03. The van der Waals surface area contributed by atoms with Gasteiger partial charge in [-0.1, -0.05) is 72.6 Å². The Hall–Kier alpha value is -5.07. The molecule has 2 aromatic carbocycles. The summed E-state index contributed by atoms with van der Waals surface area (Å²) < 4.78 is 53.8. The maximum atomic E-state index is 16.5. The van der Waals surface area contributed by atoms with Crippen LogP contribution in [0.4, 0.5) is 14.6 Å². The number of aromatic hydroxyl groups is 3. The molecule has 2 aliphatic rings. The minimum Gasteiger partial charge on any atom is -0.508 e. The standard InChI is InChI=1S/C47H68F2N8O9Si2/c1-29(2)32-25-33(35(59)26-34(32)58)41-52-53-44(63)57(41)31-15-13-30(14-16-31)27-54-21-23-55(24-22-54)39(61)18-17-38(60)50-37-19-20-56(43(62)51-37)42-47(48,49)40(66-68(11,12)46(6,7)8)36(65-42)28-64-67(9,10)45(3,4)5/h13-16,19-20,25-26,29,36,40,42,58-59H,17-18,21-24,27-28H2,1-12H3,(H,53,63)(H,50,51,60,62)/t36-,40-,42-/m1/s1. The van der Waals surface area contributed by atoms with Gasteiger partial charge in [0, 0.05) is 57.8 Å². The summed E-state index contributed by atoms with van der Waals surface area (Å²) in [5, 5.41) is 41.5. The fraction of sp³-hybridized carbons (Fsp3) is 0.574. The summed E-state index contributed by atoms with van der Waals surface area (Å²) in [5.74, 6) is -4.63. The minimum atomic E-state index is -3.64. The first kappa shape index (κ1) is 52.3. The van der Waals surface area contributed by atoms with E-state index in [0.29, 0.717) is 49.5 Å².